The standard InChI is InChI=1S/C3H9N3O4S/c4-2(3(7)8)1-6-11(5,9)10/h2,6H,1,4H2,(H,7,8)(H2,5,9,10)/t2-/m0/s1. The monoisotopic (exact) mass is 183 g/mol. The Balaban J connectivity index is 3.82. The van der Waals surface area contributed by atoms with E-state index < -0.39 is 28.8 Å². The van der Waals surface area contributed by atoms with Crippen molar-refractivity contribution in [2.24, 2.45) is 10.9 Å². The summed E-state index contributed by atoms with van der Waals surface area (Å²) < 4.78 is 22.1. The molecule has 0 aromatic carbocycles. The second-order valence-corrected chi connectivity index (χ2v) is 3.22. The highest BCUT2D eigenvalue weighted by Crippen LogP contribution is 1.76. The molecule has 8 heteroatoms. The van der Waals surface area contributed by atoms with E-state index >= 15 is 0 Å². The zero-order valence-electron chi connectivity index (χ0n) is 5.52. The Morgan fingerprint density at radius 2 is 2.09 bits per heavy atom. The first-order chi connectivity index (χ1) is 4.83. The van der Waals surface area contributed by atoms with Crippen molar-refractivity contribution in [3.63, 3.8) is 0 Å². The molecule has 0 spiro atoms. The highest BCUT2D eigenvalue weighted by Gasteiger charge is 2.12. The summed E-state index contributed by atoms with van der Waals surface area (Å²) in [4.78, 5) is 10.0. The molecule has 0 aliphatic rings. The van der Waals surface area contributed by atoms with Crippen molar-refractivity contribution in [2.45, 2.75) is 6.04 Å². The van der Waals surface area contributed by atoms with E-state index in [1.165, 1.54) is 0 Å². The van der Waals surface area contributed by atoms with Crippen molar-refractivity contribution >= 4 is 16.2 Å². The fourth-order valence-electron chi connectivity index (χ4n) is 0.293. The normalized spacial score (nSPS) is 14.4. The highest BCUT2D eigenvalue weighted by atomic mass is 32.2. The second-order valence-electron chi connectivity index (χ2n) is 1.84. The quantitative estimate of drug-likeness (QED) is 0.373. The minimum absolute atomic E-state index is 0.409. The fraction of sp³-hybridized carbons (Fsp3) is 0.667. The summed E-state index contributed by atoms with van der Waals surface area (Å²) in [7, 11) is -3.85. The molecule has 7 nitrogen and oxygen atoms in total. The van der Waals surface area contributed by atoms with Gasteiger partial charge >= 0.3 is 5.97 Å². The first kappa shape index (κ1) is 10.3. The lowest BCUT2D eigenvalue weighted by atomic mass is 10.3. The lowest BCUT2D eigenvalue weighted by Gasteiger charge is -2.04. The number of aliphatic carboxylic acids is 1. The molecular weight excluding hydrogens is 174 g/mol. The molecule has 0 aliphatic heterocycles. The molecular formula is C3H9N3O4S. The molecule has 0 radical (unpaired) electrons. The topological polar surface area (TPSA) is 136 Å². The molecule has 0 heterocycles. The maximum atomic E-state index is 10.2. The van der Waals surface area contributed by atoms with Gasteiger partial charge in [0.25, 0.3) is 10.2 Å². The van der Waals surface area contributed by atoms with Crippen LogP contribution in [0.1, 0.15) is 0 Å². The van der Waals surface area contributed by atoms with Crippen LogP contribution in [0, 0.1) is 0 Å². The predicted molar refractivity (Wildman–Crippen MR) is 36.7 cm³/mol. The third-order valence-corrected chi connectivity index (χ3v) is 1.39. The lowest BCUT2D eigenvalue weighted by molar-refractivity contribution is -0.138. The smallest absolute Gasteiger partial charge is 0.321 e. The summed E-state index contributed by atoms with van der Waals surface area (Å²) in [5.74, 6) is -1.29. The average Bonchev–Trinajstić information content (AvgIpc) is 1.80. The molecule has 0 rings (SSSR count). The van der Waals surface area contributed by atoms with Crippen molar-refractivity contribution in [1.82, 2.24) is 4.72 Å². The number of rotatable bonds is 4. The van der Waals surface area contributed by atoms with Crippen LogP contribution in [0.25, 0.3) is 0 Å². The van der Waals surface area contributed by atoms with Crippen LogP contribution in [0.3, 0.4) is 0 Å². The van der Waals surface area contributed by atoms with Crippen molar-refractivity contribution in [2.75, 3.05) is 6.54 Å². The lowest BCUT2D eigenvalue weighted by Crippen LogP contribution is -2.44. The van der Waals surface area contributed by atoms with Gasteiger partial charge in [-0.05, 0) is 0 Å². The molecule has 0 saturated carbocycles. The summed E-state index contributed by atoms with van der Waals surface area (Å²) in [6.07, 6.45) is 0. The minimum Gasteiger partial charge on any atom is -0.480 e. The van der Waals surface area contributed by atoms with Gasteiger partial charge in [-0.3, -0.25) is 4.79 Å². The van der Waals surface area contributed by atoms with E-state index in [-0.39, 0.29) is 0 Å². The van der Waals surface area contributed by atoms with Crippen molar-refractivity contribution in [3.05, 3.63) is 0 Å². The van der Waals surface area contributed by atoms with Gasteiger partial charge in [-0.1, -0.05) is 0 Å². The first-order valence-electron chi connectivity index (χ1n) is 2.58. The number of nitrogens with two attached hydrogens (primary N) is 2. The van der Waals surface area contributed by atoms with E-state index in [1.807, 2.05) is 0 Å². The van der Waals surface area contributed by atoms with Crippen LogP contribution in [-0.2, 0) is 15.0 Å². The number of nitrogens with one attached hydrogen (secondary N) is 1. The largest absolute Gasteiger partial charge is 0.480 e. The van der Waals surface area contributed by atoms with Crippen LogP contribution in [0.15, 0.2) is 0 Å². The Bertz CT molecular complexity index is 235. The molecule has 0 fully saturated rings. The van der Waals surface area contributed by atoms with Crippen molar-refractivity contribution in [1.29, 1.82) is 0 Å². The summed E-state index contributed by atoms with van der Waals surface area (Å²) in [6.45, 7) is -0.409. The zero-order chi connectivity index (χ0) is 9.07. The minimum atomic E-state index is -3.85. The highest BCUT2D eigenvalue weighted by molar-refractivity contribution is 7.87. The molecule has 0 aliphatic carbocycles. The summed E-state index contributed by atoms with van der Waals surface area (Å²) in [5, 5.41) is 12.7. The summed E-state index contributed by atoms with van der Waals surface area (Å²) in [6, 6.07) is -1.27. The second kappa shape index (κ2) is 3.62. The molecule has 0 aromatic heterocycles. The third-order valence-electron chi connectivity index (χ3n) is 0.822. The van der Waals surface area contributed by atoms with Gasteiger partial charge in [0, 0.05) is 6.54 Å². The average molecular weight is 183 g/mol. The Morgan fingerprint density at radius 3 is 2.36 bits per heavy atom. The van der Waals surface area contributed by atoms with E-state index in [9.17, 15) is 13.2 Å². The van der Waals surface area contributed by atoms with E-state index in [0.29, 0.717) is 0 Å². The fourth-order valence-corrected chi connectivity index (χ4v) is 0.705. The van der Waals surface area contributed by atoms with Crippen LogP contribution < -0.4 is 15.6 Å². The molecule has 6 N–H and O–H groups in total. The van der Waals surface area contributed by atoms with Crippen molar-refractivity contribution in [3.8, 4) is 0 Å². The van der Waals surface area contributed by atoms with E-state index in [1.54, 1.807) is 4.72 Å². The molecule has 0 bridgehead atoms. The zero-order valence-corrected chi connectivity index (χ0v) is 6.34. The van der Waals surface area contributed by atoms with Crippen LogP contribution in [0.4, 0.5) is 0 Å². The van der Waals surface area contributed by atoms with Gasteiger partial charge in [-0.15, -0.1) is 0 Å². The molecule has 0 aromatic rings. The molecule has 0 saturated heterocycles. The SMILES string of the molecule is N[C@@H](CNS(N)(=O)=O)C(=O)O. The molecule has 0 amide bonds. The number of carbonyl (C=O) groups is 1. The van der Waals surface area contributed by atoms with Crippen LogP contribution in [0.2, 0.25) is 0 Å². The maximum absolute atomic E-state index is 10.2. The Morgan fingerprint density at radius 1 is 1.64 bits per heavy atom. The van der Waals surface area contributed by atoms with E-state index in [0.717, 1.165) is 0 Å². The third kappa shape index (κ3) is 5.73. The summed E-state index contributed by atoms with van der Waals surface area (Å²) >= 11 is 0. The van der Waals surface area contributed by atoms with E-state index in [2.05, 4.69) is 5.14 Å². The van der Waals surface area contributed by atoms with Gasteiger partial charge < -0.3 is 10.8 Å². The van der Waals surface area contributed by atoms with Crippen molar-refractivity contribution < 1.29 is 18.3 Å². The number of carboxylic acid groups (broad SMARTS) is 1. The van der Waals surface area contributed by atoms with Gasteiger partial charge in [0.05, 0.1) is 0 Å². The predicted octanol–water partition coefficient (Wildman–Crippen LogP) is -2.81. The molecule has 66 valence electrons. The van der Waals surface area contributed by atoms with Gasteiger partial charge in [0.15, 0.2) is 0 Å². The Kier molecular flexibility index (Phi) is 3.39. The number of hydrogen-bond donors (Lipinski definition) is 4. The Hall–Kier alpha value is -0.700. The van der Waals surface area contributed by atoms with Crippen LogP contribution in [-0.4, -0.2) is 32.1 Å². The number of carboxylic acids is 1. The van der Waals surface area contributed by atoms with Crippen LogP contribution >= 0.6 is 0 Å². The van der Waals surface area contributed by atoms with E-state index in [4.69, 9.17) is 10.8 Å². The first-order valence-corrected chi connectivity index (χ1v) is 4.13. The maximum Gasteiger partial charge on any atom is 0.321 e. The van der Waals surface area contributed by atoms with Gasteiger partial charge in [0.2, 0.25) is 0 Å². The summed E-state index contributed by atoms with van der Waals surface area (Å²) in [5.41, 5.74) is 4.94. The van der Waals surface area contributed by atoms with Crippen LogP contribution in [0.5, 0.6) is 0 Å². The van der Waals surface area contributed by atoms with Gasteiger partial charge in [0.1, 0.15) is 6.04 Å². The molecule has 11 heavy (non-hydrogen) atoms. The van der Waals surface area contributed by atoms with Gasteiger partial charge in [-0.25, -0.2) is 9.86 Å². The van der Waals surface area contributed by atoms with Gasteiger partial charge in [-0.2, -0.15) is 8.42 Å². The Labute approximate surface area is 63.6 Å². The number of hydrogen-bond acceptors (Lipinski definition) is 4. The molecule has 1 atom stereocenters. The molecule has 0 unspecified atom stereocenters.